The lowest BCUT2D eigenvalue weighted by molar-refractivity contribution is 0.607. The molecule has 3 heteroatoms. The fourth-order valence-electron chi connectivity index (χ4n) is 2.31. The number of hydrogen-bond acceptors (Lipinski definition) is 2. The van der Waals surface area contributed by atoms with E-state index in [4.69, 9.17) is 0 Å². The highest BCUT2D eigenvalue weighted by Gasteiger charge is 2.16. The number of nitrogens with zero attached hydrogens (tertiary/aromatic N) is 1. The Bertz CT molecular complexity index is 566. The fourth-order valence-corrected chi connectivity index (χ4v) is 2.31. The highest BCUT2D eigenvalue weighted by molar-refractivity contribution is 5.37. The summed E-state index contributed by atoms with van der Waals surface area (Å²) in [6.07, 6.45) is 4.57. The second kappa shape index (κ2) is 5.93. The summed E-state index contributed by atoms with van der Waals surface area (Å²) in [6.45, 7) is 3.88. The summed E-state index contributed by atoms with van der Waals surface area (Å²) in [6, 6.07) is 7.39. The quantitative estimate of drug-likeness (QED) is 0.909. The van der Waals surface area contributed by atoms with Gasteiger partial charge in [0.05, 0.1) is 6.04 Å². The number of aromatic nitrogens is 1. The molecule has 2 nitrogen and oxygen atoms in total. The van der Waals surface area contributed by atoms with Crippen molar-refractivity contribution in [1.82, 2.24) is 10.3 Å². The van der Waals surface area contributed by atoms with Crippen molar-refractivity contribution < 1.29 is 4.39 Å². The monoisotopic (exact) mass is 258 g/mol. The minimum absolute atomic E-state index is 0.00644. The van der Waals surface area contributed by atoms with Gasteiger partial charge in [-0.05, 0) is 54.8 Å². The Morgan fingerprint density at radius 1 is 1.32 bits per heavy atom. The van der Waals surface area contributed by atoms with Crippen molar-refractivity contribution in [3.63, 3.8) is 0 Å². The maximum atomic E-state index is 13.7. The van der Waals surface area contributed by atoms with Gasteiger partial charge >= 0.3 is 0 Å². The molecule has 0 radical (unpaired) electrons. The van der Waals surface area contributed by atoms with Crippen LogP contribution < -0.4 is 5.32 Å². The molecule has 0 fully saturated rings. The molecule has 1 unspecified atom stereocenters. The van der Waals surface area contributed by atoms with Crippen LogP contribution in [0.1, 0.15) is 35.2 Å². The normalized spacial score (nSPS) is 12.4. The lowest BCUT2D eigenvalue weighted by Crippen LogP contribution is -2.19. The van der Waals surface area contributed by atoms with Crippen LogP contribution in [-0.4, -0.2) is 12.0 Å². The standard InChI is InChI=1S/C16H19FN2/c1-4-12-10-19-8-7-14(12)16(18-3)13-6-5-11(2)15(17)9-13/h5-10,16,18H,4H2,1-3H3. The predicted molar refractivity (Wildman–Crippen MR) is 75.7 cm³/mol. The van der Waals surface area contributed by atoms with Gasteiger partial charge in [-0.1, -0.05) is 19.1 Å². The SMILES string of the molecule is CCc1cnccc1C(NC)c1ccc(C)c(F)c1. The Morgan fingerprint density at radius 2 is 2.11 bits per heavy atom. The topological polar surface area (TPSA) is 24.9 Å². The van der Waals surface area contributed by atoms with Gasteiger partial charge in [0.15, 0.2) is 0 Å². The molecule has 0 amide bonds. The van der Waals surface area contributed by atoms with E-state index < -0.39 is 0 Å². The van der Waals surface area contributed by atoms with Crippen molar-refractivity contribution >= 4 is 0 Å². The lowest BCUT2D eigenvalue weighted by atomic mass is 9.94. The van der Waals surface area contributed by atoms with Gasteiger partial charge in [-0.3, -0.25) is 4.98 Å². The molecule has 0 aliphatic carbocycles. The van der Waals surface area contributed by atoms with Gasteiger partial charge in [-0.25, -0.2) is 4.39 Å². The van der Waals surface area contributed by atoms with Gasteiger partial charge in [-0.15, -0.1) is 0 Å². The van der Waals surface area contributed by atoms with Gasteiger partial charge < -0.3 is 5.32 Å². The molecule has 0 spiro atoms. The van der Waals surface area contributed by atoms with Crippen LogP contribution >= 0.6 is 0 Å². The molecule has 19 heavy (non-hydrogen) atoms. The Morgan fingerprint density at radius 3 is 2.74 bits per heavy atom. The van der Waals surface area contributed by atoms with E-state index in [1.54, 1.807) is 19.2 Å². The van der Waals surface area contributed by atoms with Gasteiger partial charge in [0.2, 0.25) is 0 Å². The predicted octanol–water partition coefficient (Wildman–Crippen LogP) is 3.40. The van der Waals surface area contributed by atoms with Crippen molar-refractivity contribution in [2.45, 2.75) is 26.3 Å². The van der Waals surface area contributed by atoms with Crippen LogP contribution in [0.5, 0.6) is 0 Å². The van der Waals surface area contributed by atoms with Crippen molar-refractivity contribution in [2.75, 3.05) is 7.05 Å². The summed E-state index contributed by atoms with van der Waals surface area (Å²) >= 11 is 0. The number of nitrogens with one attached hydrogen (secondary N) is 1. The average Bonchev–Trinajstić information content (AvgIpc) is 2.44. The molecule has 1 aromatic carbocycles. The van der Waals surface area contributed by atoms with Crippen molar-refractivity contribution in [2.24, 2.45) is 0 Å². The average molecular weight is 258 g/mol. The molecule has 0 saturated carbocycles. The Balaban J connectivity index is 2.46. The first-order valence-electron chi connectivity index (χ1n) is 6.53. The summed E-state index contributed by atoms with van der Waals surface area (Å²) < 4.78 is 13.7. The minimum Gasteiger partial charge on any atom is -0.309 e. The minimum atomic E-state index is -0.162. The third-order valence-corrected chi connectivity index (χ3v) is 3.45. The van der Waals surface area contributed by atoms with E-state index >= 15 is 0 Å². The van der Waals surface area contributed by atoms with Crippen LogP contribution in [0.2, 0.25) is 0 Å². The van der Waals surface area contributed by atoms with E-state index in [0.29, 0.717) is 5.56 Å². The molecule has 100 valence electrons. The zero-order valence-corrected chi connectivity index (χ0v) is 11.6. The van der Waals surface area contributed by atoms with Gasteiger partial charge in [-0.2, -0.15) is 0 Å². The number of benzene rings is 1. The lowest BCUT2D eigenvalue weighted by Gasteiger charge is -2.20. The van der Waals surface area contributed by atoms with Crippen LogP contribution in [0, 0.1) is 12.7 Å². The Kier molecular flexibility index (Phi) is 4.27. The van der Waals surface area contributed by atoms with Crippen molar-refractivity contribution in [3.05, 3.63) is 64.7 Å². The third kappa shape index (κ3) is 2.82. The second-order valence-corrected chi connectivity index (χ2v) is 4.66. The van der Waals surface area contributed by atoms with Crippen molar-refractivity contribution in [3.8, 4) is 0 Å². The molecule has 1 atom stereocenters. The molecule has 1 aromatic heterocycles. The molecule has 0 aliphatic heterocycles. The number of pyridine rings is 1. The second-order valence-electron chi connectivity index (χ2n) is 4.66. The maximum absolute atomic E-state index is 13.7. The largest absolute Gasteiger partial charge is 0.309 e. The van der Waals surface area contributed by atoms with E-state index in [9.17, 15) is 4.39 Å². The Hall–Kier alpha value is -1.74. The summed E-state index contributed by atoms with van der Waals surface area (Å²) in [4.78, 5) is 4.16. The number of aryl methyl sites for hydroxylation is 2. The van der Waals surface area contributed by atoms with E-state index in [2.05, 4.69) is 17.2 Å². The smallest absolute Gasteiger partial charge is 0.126 e. The molecular weight excluding hydrogens is 239 g/mol. The number of rotatable bonds is 4. The first-order valence-corrected chi connectivity index (χ1v) is 6.53. The molecule has 1 heterocycles. The summed E-state index contributed by atoms with van der Waals surface area (Å²) in [7, 11) is 1.89. The number of halogens is 1. The zero-order chi connectivity index (χ0) is 13.8. The molecular formula is C16H19FN2. The van der Waals surface area contributed by atoms with Crippen LogP contribution in [0.25, 0.3) is 0 Å². The maximum Gasteiger partial charge on any atom is 0.126 e. The van der Waals surface area contributed by atoms with E-state index in [1.165, 1.54) is 5.56 Å². The first-order chi connectivity index (χ1) is 9.17. The van der Waals surface area contributed by atoms with Crippen LogP contribution in [0.4, 0.5) is 4.39 Å². The summed E-state index contributed by atoms with van der Waals surface area (Å²) in [5, 5.41) is 3.26. The number of hydrogen-bond donors (Lipinski definition) is 1. The molecule has 2 rings (SSSR count). The highest BCUT2D eigenvalue weighted by atomic mass is 19.1. The van der Waals surface area contributed by atoms with E-state index in [1.807, 2.05) is 31.4 Å². The molecule has 2 aromatic rings. The fraction of sp³-hybridized carbons (Fsp3) is 0.312. The summed E-state index contributed by atoms with van der Waals surface area (Å²) in [5.41, 5.74) is 3.95. The molecule has 0 bridgehead atoms. The molecule has 1 N–H and O–H groups in total. The van der Waals surface area contributed by atoms with Crippen LogP contribution in [0.15, 0.2) is 36.7 Å². The molecule has 0 aliphatic rings. The van der Waals surface area contributed by atoms with Gasteiger partial charge in [0.1, 0.15) is 5.82 Å². The van der Waals surface area contributed by atoms with E-state index in [-0.39, 0.29) is 11.9 Å². The molecule has 0 saturated heterocycles. The summed E-state index contributed by atoms with van der Waals surface area (Å²) in [5.74, 6) is -0.162. The zero-order valence-electron chi connectivity index (χ0n) is 11.6. The highest BCUT2D eigenvalue weighted by Crippen LogP contribution is 2.25. The first kappa shape index (κ1) is 13.7. The Labute approximate surface area is 113 Å². The van der Waals surface area contributed by atoms with E-state index in [0.717, 1.165) is 17.5 Å². The van der Waals surface area contributed by atoms with Crippen LogP contribution in [0.3, 0.4) is 0 Å². The van der Waals surface area contributed by atoms with Gasteiger partial charge in [0, 0.05) is 12.4 Å². The van der Waals surface area contributed by atoms with Crippen LogP contribution in [-0.2, 0) is 6.42 Å². The van der Waals surface area contributed by atoms with Crippen molar-refractivity contribution in [1.29, 1.82) is 0 Å². The van der Waals surface area contributed by atoms with Gasteiger partial charge in [0.25, 0.3) is 0 Å². The third-order valence-electron chi connectivity index (χ3n) is 3.45.